The fourth-order valence-corrected chi connectivity index (χ4v) is 1.92. The minimum absolute atomic E-state index is 0.243. The van der Waals surface area contributed by atoms with E-state index in [0.29, 0.717) is 5.82 Å². The summed E-state index contributed by atoms with van der Waals surface area (Å²) in [7, 11) is 3.63. The van der Waals surface area contributed by atoms with Gasteiger partial charge in [-0.15, -0.1) is 0 Å². The van der Waals surface area contributed by atoms with Gasteiger partial charge in [-0.3, -0.25) is 4.57 Å². The van der Waals surface area contributed by atoms with Crippen LogP contribution in [0.25, 0.3) is 0 Å². The first-order valence-electron chi connectivity index (χ1n) is 6.25. The van der Waals surface area contributed by atoms with E-state index in [1.54, 1.807) is 17.3 Å². The van der Waals surface area contributed by atoms with Crippen LogP contribution in [0.3, 0.4) is 0 Å². The van der Waals surface area contributed by atoms with Crippen molar-refractivity contribution in [1.29, 1.82) is 0 Å². The molecule has 0 saturated carbocycles. The maximum Gasteiger partial charge on any atom is 0.351 e. The highest BCUT2D eigenvalue weighted by Gasteiger charge is 2.34. The van der Waals surface area contributed by atoms with Crippen molar-refractivity contribution in [2.45, 2.75) is 24.9 Å². The van der Waals surface area contributed by atoms with Crippen LogP contribution in [0.4, 0.5) is 5.82 Å². The molecule has 1 aliphatic rings. The van der Waals surface area contributed by atoms with E-state index in [1.807, 2.05) is 14.1 Å². The van der Waals surface area contributed by atoms with Crippen LogP contribution in [0.15, 0.2) is 22.1 Å². The summed E-state index contributed by atoms with van der Waals surface area (Å²) >= 11 is 0. The van der Waals surface area contributed by atoms with E-state index in [2.05, 4.69) is 9.98 Å². The minimum Gasteiger partial charge on any atom is -0.394 e. The molecule has 8 nitrogen and oxygen atoms in total. The van der Waals surface area contributed by atoms with Crippen LogP contribution in [-0.4, -0.2) is 63.9 Å². The van der Waals surface area contributed by atoms with Gasteiger partial charge in [0.15, 0.2) is 5.82 Å². The van der Waals surface area contributed by atoms with Crippen LogP contribution in [0.5, 0.6) is 0 Å². The van der Waals surface area contributed by atoms with E-state index >= 15 is 0 Å². The van der Waals surface area contributed by atoms with Crippen LogP contribution in [-0.2, 0) is 4.74 Å². The van der Waals surface area contributed by atoms with Gasteiger partial charge in [0.25, 0.3) is 0 Å². The summed E-state index contributed by atoms with van der Waals surface area (Å²) < 4.78 is 6.69. The lowest BCUT2D eigenvalue weighted by molar-refractivity contribution is -0.0458. The molecule has 0 aliphatic carbocycles. The van der Waals surface area contributed by atoms with Crippen molar-refractivity contribution in [3.05, 3.63) is 22.7 Å². The van der Waals surface area contributed by atoms with Gasteiger partial charge in [0, 0.05) is 26.7 Å². The van der Waals surface area contributed by atoms with E-state index in [1.165, 1.54) is 10.8 Å². The number of hydrogen-bond acceptors (Lipinski definition) is 6. The molecule has 0 spiro atoms. The topological polar surface area (TPSA) is 100 Å². The summed E-state index contributed by atoms with van der Waals surface area (Å²) in [6.07, 6.45) is 1.24. The fraction of sp³-hybridized carbons (Fsp3) is 0.583. The highest BCUT2D eigenvalue weighted by Crippen LogP contribution is 2.27. The van der Waals surface area contributed by atoms with Crippen molar-refractivity contribution in [2.24, 2.45) is 4.99 Å². The number of aromatic nitrogens is 2. The smallest absolute Gasteiger partial charge is 0.351 e. The number of hydrogen-bond donors (Lipinski definition) is 2. The second-order valence-corrected chi connectivity index (χ2v) is 4.80. The Balaban J connectivity index is 2.17. The second-order valence-electron chi connectivity index (χ2n) is 4.80. The zero-order chi connectivity index (χ0) is 14.7. The molecule has 3 atom stereocenters. The molecule has 1 fully saturated rings. The predicted molar refractivity (Wildman–Crippen MR) is 72.0 cm³/mol. The molecule has 110 valence electrons. The highest BCUT2D eigenvalue weighted by molar-refractivity contribution is 5.58. The minimum atomic E-state index is -0.789. The van der Waals surface area contributed by atoms with E-state index < -0.39 is 24.1 Å². The van der Waals surface area contributed by atoms with Crippen LogP contribution in [0, 0.1) is 0 Å². The highest BCUT2D eigenvalue weighted by atomic mass is 16.5. The average Bonchev–Trinajstić information content (AvgIpc) is 2.77. The second kappa shape index (κ2) is 6.12. The van der Waals surface area contributed by atoms with Crippen LogP contribution in [0.1, 0.15) is 12.6 Å². The third-order valence-corrected chi connectivity index (χ3v) is 2.93. The molecular weight excluding hydrogens is 264 g/mol. The van der Waals surface area contributed by atoms with E-state index in [-0.39, 0.29) is 13.0 Å². The van der Waals surface area contributed by atoms with Gasteiger partial charge in [-0.05, 0) is 6.07 Å². The molecular formula is C12H18N4O4. The van der Waals surface area contributed by atoms with Crippen molar-refractivity contribution in [3.63, 3.8) is 0 Å². The Hall–Kier alpha value is -1.77. The van der Waals surface area contributed by atoms with Gasteiger partial charge < -0.3 is 19.8 Å². The normalized spacial score (nSPS) is 26.3. The standard InChI is InChI=1S/C12H18N4O4/c1-15(2)7-13-10-3-4-16(12(19)14-10)11-5-8(18)9(6-17)20-11/h3-4,7-9,11,17-18H,5-6H2,1-2H3/t8-,9+,11+/m1/s1. The summed E-state index contributed by atoms with van der Waals surface area (Å²) in [6, 6.07) is 1.59. The number of ether oxygens (including phenoxy) is 1. The maximum atomic E-state index is 11.9. The number of aliphatic hydroxyl groups excluding tert-OH is 2. The van der Waals surface area contributed by atoms with Crippen molar-refractivity contribution in [2.75, 3.05) is 20.7 Å². The molecule has 20 heavy (non-hydrogen) atoms. The molecule has 2 N–H and O–H groups in total. The lowest BCUT2D eigenvalue weighted by atomic mass is 10.2. The first kappa shape index (κ1) is 14.6. The lowest BCUT2D eigenvalue weighted by Crippen LogP contribution is -2.27. The third kappa shape index (κ3) is 3.21. The van der Waals surface area contributed by atoms with Gasteiger partial charge in [-0.2, -0.15) is 4.98 Å². The largest absolute Gasteiger partial charge is 0.394 e. The SMILES string of the molecule is CN(C)C=Nc1ccn([C@@H]2C[C@@H](O)[C@H](CO)O2)c(=O)n1. The van der Waals surface area contributed by atoms with Gasteiger partial charge in [0.05, 0.1) is 19.0 Å². The van der Waals surface area contributed by atoms with Crippen LogP contribution in [0.2, 0.25) is 0 Å². The summed E-state index contributed by atoms with van der Waals surface area (Å²) in [4.78, 5) is 21.5. The average molecular weight is 282 g/mol. The molecule has 2 rings (SSSR count). The quantitative estimate of drug-likeness (QED) is 0.548. The number of aliphatic imine (C=N–C) groups is 1. The molecule has 8 heteroatoms. The summed E-state index contributed by atoms with van der Waals surface area (Å²) in [5, 5.41) is 18.7. The van der Waals surface area contributed by atoms with Gasteiger partial charge in [0.1, 0.15) is 12.3 Å². The molecule has 0 aromatic carbocycles. The Kier molecular flexibility index (Phi) is 4.48. The van der Waals surface area contributed by atoms with Gasteiger partial charge in [0.2, 0.25) is 0 Å². The molecule has 0 bridgehead atoms. The fourth-order valence-electron chi connectivity index (χ4n) is 1.92. The first-order valence-corrected chi connectivity index (χ1v) is 6.25. The Labute approximate surface area is 116 Å². The Morgan fingerprint density at radius 2 is 2.40 bits per heavy atom. The monoisotopic (exact) mass is 282 g/mol. The van der Waals surface area contributed by atoms with E-state index in [4.69, 9.17) is 9.84 Å². The summed E-state index contributed by atoms with van der Waals surface area (Å²) in [6.45, 7) is -0.287. The number of rotatable bonds is 4. The Bertz CT molecular complexity index is 543. The zero-order valence-electron chi connectivity index (χ0n) is 11.4. The van der Waals surface area contributed by atoms with Crippen molar-refractivity contribution in [1.82, 2.24) is 14.5 Å². The van der Waals surface area contributed by atoms with Gasteiger partial charge in [-0.25, -0.2) is 9.79 Å². The summed E-state index contributed by atoms with van der Waals surface area (Å²) in [5.41, 5.74) is -0.505. The molecule has 0 radical (unpaired) electrons. The third-order valence-electron chi connectivity index (χ3n) is 2.93. The van der Waals surface area contributed by atoms with E-state index in [0.717, 1.165) is 0 Å². The van der Waals surface area contributed by atoms with Crippen molar-refractivity contribution in [3.8, 4) is 0 Å². The van der Waals surface area contributed by atoms with Crippen LogP contribution >= 0.6 is 0 Å². The van der Waals surface area contributed by atoms with Gasteiger partial charge >= 0.3 is 5.69 Å². The lowest BCUT2D eigenvalue weighted by Gasteiger charge is -2.14. The van der Waals surface area contributed by atoms with Crippen LogP contribution < -0.4 is 5.69 Å². The zero-order valence-corrected chi connectivity index (χ0v) is 11.4. The molecule has 2 heterocycles. The molecule has 1 aromatic heterocycles. The summed E-state index contributed by atoms with van der Waals surface area (Å²) in [5.74, 6) is 0.303. The maximum absolute atomic E-state index is 11.9. The van der Waals surface area contributed by atoms with Crippen molar-refractivity contribution < 1.29 is 14.9 Å². The Morgan fingerprint density at radius 3 is 2.95 bits per heavy atom. The molecule has 1 aromatic rings. The number of nitrogens with zero attached hydrogens (tertiary/aromatic N) is 4. The first-order chi connectivity index (χ1) is 9.51. The predicted octanol–water partition coefficient (Wildman–Crippen LogP) is -0.895. The van der Waals surface area contributed by atoms with Crippen molar-refractivity contribution >= 4 is 12.2 Å². The Morgan fingerprint density at radius 1 is 1.65 bits per heavy atom. The molecule has 1 aliphatic heterocycles. The van der Waals surface area contributed by atoms with E-state index in [9.17, 15) is 9.90 Å². The molecule has 0 amide bonds. The molecule has 1 saturated heterocycles. The molecule has 0 unspecified atom stereocenters. The number of aliphatic hydroxyl groups is 2. The van der Waals surface area contributed by atoms with Gasteiger partial charge in [-0.1, -0.05) is 0 Å².